The summed E-state index contributed by atoms with van der Waals surface area (Å²) in [5.41, 5.74) is 1.93. The summed E-state index contributed by atoms with van der Waals surface area (Å²) < 4.78 is 1.78. The number of carbonyl (C=O) groups excluding carboxylic acids is 1. The number of nitrogens with one attached hydrogen (secondary N) is 2. The fourth-order valence-corrected chi connectivity index (χ4v) is 4.15. The van der Waals surface area contributed by atoms with Gasteiger partial charge in [0.1, 0.15) is 0 Å². The minimum Gasteiger partial charge on any atom is -0.323 e. The van der Waals surface area contributed by atoms with Crippen LogP contribution < -0.4 is 10.6 Å². The minimum atomic E-state index is -0.0971. The summed E-state index contributed by atoms with van der Waals surface area (Å²) in [6.07, 6.45) is 0. The Kier molecular flexibility index (Phi) is 4.52. The molecule has 1 heterocycles. The molecule has 0 spiro atoms. The van der Waals surface area contributed by atoms with Crippen LogP contribution in [-0.2, 0) is 4.79 Å². The van der Waals surface area contributed by atoms with E-state index < -0.39 is 0 Å². The van der Waals surface area contributed by atoms with Gasteiger partial charge in [-0.1, -0.05) is 0 Å². The number of rotatable bonds is 2. The largest absolute Gasteiger partial charge is 0.323 e. The lowest BCUT2D eigenvalue weighted by atomic mass is 10.2. The zero-order valence-electron chi connectivity index (χ0n) is 9.22. The fourth-order valence-electron chi connectivity index (χ4n) is 1.59. The molecule has 2 rings (SSSR count). The van der Waals surface area contributed by atoms with Gasteiger partial charge in [0, 0.05) is 20.6 Å². The van der Waals surface area contributed by atoms with Crippen LogP contribution in [0.5, 0.6) is 0 Å². The van der Waals surface area contributed by atoms with Gasteiger partial charge in [0.15, 0.2) is 0 Å². The van der Waals surface area contributed by atoms with Gasteiger partial charge >= 0.3 is 0 Å². The third-order valence-electron chi connectivity index (χ3n) is 2.47. The van der Waals surface area contributed by atoms with E-state index in [1.165, 1.54) is 0 Å². The van der Waals surface area contributed by atoms with Crippen LogP contribution in [0.25, 0.3) is 0 Å². The van der Waals surface area contributed by atoms with E-state index in [-0.39, 0.29) is 11.9 Å². The smallest absolute Gasteiger partial charge is 0.242 e. The van der Waals surface area contributed by atoms with Gasteiger partial charge in [0.05, 0.1) is 11.7 Å². The molecular formula is C11H12Br2N2OS. The molecule has 0 aromatic heterocycles. The quantitative estimate of drug-likeness (QED) is 0.829. The molecule has 1 atom stereocenters. The van der Waals surface area contributed by atoms with Crippen LogP contribution in [-0.4, -0.2) is 23.6 Å². The van der Waals surface area contributed by atoms with Crippen LogP contribution in [0.3, 0.4) is 0 Å². The predicted molar refractivity (Wildman–Crippen MR) is 79.5 cm³/mol. The molecule has 1 aromatic carbocycles. The molecule has 1 aliphatic rings. The second-order valence-electron chi connectivity index (χ2n) is 3.86. The second-order valence-corrected chi connectivity index (χ2v) is 6.60. The number of carbonyl (C=O) groups is 1. The van der Waals surface area contributed by atoms with E-state index in [1.807, 2.05) is 19.1 Å². The molecule has 2 N–H and O–H groups in total. The van der Waals surface area contributed by atoms with Gasteiger partial charge in [-0.25, -0.2) is 0 Å². The van der Waals surface area contributed by atoms with E-state index in [1.54, 1.807) is 11.8 Å². The van der Waals surface area contributed by atoms with E-state index in [4.69, 9.17) is 0 Å². The first-order valence-electron chi connectivity index (χ1n) is 5.15. The molecular weight excluding hydrogens is 368 g/mol. The van der Waals surface area contributed by atoms with Gasteiger partial charge in [-0.15, -0.1) is 11.8 Å². The number of thioether (sulfide) groups is 1. The normalized spacial score (nSPS) is 19.4. The number of aryl methyl sites for hydroxylation is 1. The van der Waals surface area contributed by atoms with Crippen molar-refractivity contribution in [1.82, 2.24) is 5.32 Å². The average Bonchev–Trinajstić information content (AvgIpc) is 2.76. The van der Waals surface area contributed by atoms with Crippen molar-refractivity contribution >= 4 is 55.2 Å². The Morgan fingerprint density at radius 1 is 1.47 bits per heavy atom. The summed E-state index contributed by atoms with van der Waals surface area (Å²) >= 11 is 8.67. The van der Waals surface area contributed by atoms with E-state index in [0.29, 0.717) is 0 Å². The fraction of sp³-hybridized carbons (Fsp3) is 0.364. The third-order valence-corrected chi connectivity index (χ3v) is 4.66. The van der Waals surface area contributed by atoms with Crippen LogP contribution in [0.2, 0.25) is 0 Å². The zero-order valence-corrected chi connectivity index (χ0v) is 13.2. The molecule has 1 aliphatic heterocycles. The molecule has 1 amide bonds. The Labute approximate surface area is 121 Å². The SMILES string of the molecule is Cc1cc(Br)c(NC(=O)C2CSCN2)c(Br)c1. The zero-order chi connectivity index (χ0) is 12.4. The Morgan fingerprint density at radius 3 is 2.65 bits per heavy atom. The Hall–Kier alpha value is -0.0400. The van der Waals surface area contributed by atoms with Crippen LogP contribution in [0.1, 0.15) is 5.56 Å². The van der Waals surface area contributed by atoms with Gasteiger partial charge in [0.25, 0.3) is 0 Å². The van der Waals surface area contributed by atoms with E-state index >= 15 is 0 Å². The van der Waals surface area contributed by atoms with Crippen molar-refractivity contribution in [1.29, 1.82) is 0 Å². The van der Waals surface area contributed by atoms with Crippen LogP contribution in [0, 0.1) is 6.92 Å². The Bertz CT molecular complexity index is 424. The first-order chi connectivity index (χ1) is 8.08. The molecule has 92 valence electrons. The first-order valence-corrected chi connectivity index (χ1v) is 7.89. The molecule has 1 unspecified atom stereocenters. The van der Waals surface area contributed by atoms with Gasteiger partial charge in [-0.2, -0.15) is 0 Å². The van der Waals surface area contributed by atoms with Gasteiger partial charge in [-0.3, -0.25) is 10.1 Å². The lowest BCUT2D eigenvalue weighted by Gasteiger charge is -2.14. The number of hydrogen-bond acceptors (Lipinski definition) is 3. The summed E-state index contributed by atoms with van der Waals surface area (Å²) in [6, 6.07) is 3.87. The maximum atomic E-state index is 12.0. The number of anilines is 1. The first kappa shape index (κ1) is 13.4. The minimum absolute atomic E-state index is 0.0141. The standard InChI is InChI=1S/C11H12Br2N2OS/c1-6-2-7(12)10(8(13)3-6)15-11(16)9-4-17-5-14-9/h2-3,9,14H,4-5H2,1H3,(H,15,16). The van der Waals surface area contributed by atoms with E-state index in [9.17, 15) is 4.79 Å². The number of amides is 1. The van der Waals surface area contributed by atoms with Crippen LogP contribution in [0.15, 0.2) is 21.1 Å². The van der Waals surface area contributed by atoms with Gasteiger partial charge < -0.3 is 5.32 Å². The number of halogens is 2. The Morgan fingerprint density at radius 2 is 2.12 bits per heavy atom. The molecule has 0 bridgehead atoms. The van der Waals surface area contributed by atoms with Crippen LogP contribution in [0.4, 0.5) is 5.69 Å². The number of hydrogen-bond donors (Lipinski definition) is 2. The molecule has 1 aromatic rings. The molecule has 17 heavy (non-hydrogen) atoms. The van der Waals surface area contributed by atoms with E-state index in [2.05, 4.69) is 42.5 Å². The monoisotopic (exact) mass is 378 g/mol. The van der Waals surface area contributed by atoms with Gasteiger partial charge in [0.2, 0.25) is 5.91 Å². The molecule has 3 nitrogen and oxygen atoms in total. The lowest BCUT2D eigenvalue weighted by Crippen LogP contribution is -2.37. The van der Waals surface area contributed by atoms with E-state index in [0.717, 1.165) is 31.8 Å². The summed E-state index contributed by atoms with van der Waals surface area (Å²) in [6.45, 7) is 2.01. The van der Waals surface area contributed by atoms with Crippen molar-refractivity contribution in [2.45, 2.75) is 13.0 Å². The Balaban J connectivity index is 2.15. The highest BCUT2D eigenvalue weighted by Gasteiger charge is 2.23. The maximum Gasteiger partial charge on any atom is 0.242 e. The number of benzene rings is 1. The highest BCUT2D eigenvalue weighted by molar-refractivity contribution is 9.11. The molecule has 0 radical (unpaired) electrons. The summed E-state index contributed by atoms with van der Waals surface area (Å²) in [4.78, 5) is 12.0. The molecule has 0 aliphatic carbocycles. The lowest BCUT2D eigenvalue weighted by molar-refractivity contribution is -0.117. The molecule has 0 saturated carbocycles. The summed E-state index contributed by atoms with van der Waals surface area (Å²) in [5.74, 6) is 1.68. The highest BCUT2D eigenvalue weighted by Crippen LogP contribution is 2.32. The second kappa shape index (κ2) is 5.73. The topological polar surface area (TPSA) is 41.1 Å². The van der Waals surface area contributed by atoms with Crippen molar-refractivity contribution in [3.8, 4) is 0 Å². The molecule has 1 saturated heterocycles. The van der Waals surface area contributed by atoms with Crippen molar-refractivity contribution in [3.05, 3.63) is 26.6 Å². The van der Waals surface area contributed by atoms with Crippen molar-refractivity contribution in [2.75, 3.05) is 16.9 Å². The van der Waals surface area contributed by atoms with Crippen molar-refractivity contribution in [2.24, 2.45) is 0 Å². The summed E-state index contributed by atoms with van der Waals surface area (Å²) in [7, 11) is 0. The van der Waals surface area contributed by atoms with Crippen molar-refractivity contribution < 1.29 is 4.79 Å². The molecule has 6 heteroatoms. The van der Waals surface area contributed by atoms with Gasteiger partial charge in [-0.05, 0) is 56.5 Å². The van der Waals surface area contributed by atoms with Crippen molar-refractivity contribution in [3.63, 3.8) is 0 Å². The third kappa shape index (κ3) is 3.24. The highest BCUT2D eigenvalue weighted by atomic mass is 79.9. The molecule has 1 fully saturated rings. The maximum absolute atomic E-state index is 12.0. The average molecular weight is 380 g/mol. The van der Waals surface area contributed by atoms with Crippen LogP contribution >= 0.6 is 43.6 Å². The predicted octanol–water partition coefficient (Wildman–Crippen LogP) is 3.12. The summed E-state index contributed by atoms with van der Waals surface area (Å²) in [5, 5.41) is 6.09.